The average molecular weight is 420 g/mol. The lowest BCUT2D eigenvalue weighted by atomic mass is 10.1. The number of hydrogen-bond donors (Lipinski definition) is 2. The van der Waals surface area contributed by atoms with Crippen LogP contribution in [0.25, 0.3) is 10.9 Å². The highest BCUT2D eigenvalue weighted by Crippen LogP contribution is 2.15. The van der Waals surface area contributed by atoms with E-state index in [1.54, 1.807) is 6.20 Å². The van der Waals surface area contributed by atoms with Crippen molar-refractivity contribution in [1.82, 2.24) is 15.3 Å². The van der Waals surface area contributed by atoms with E-state index in [1.807, 2.05) is 12.1 Å². The molecule has 3 aromatic rings. The lowest BCUT2D eigenvalue weighted by Crippen LogP contribution is -2.15. The molecule has 8 heteroatoms. The highest BCUT2D eigenvalue weighted by molar-refractivity contribution is 5.86. The first-order valence-electron chi connectivity index (χ1n) is 7.66. The number of halogens is 4. The monoisotopic (exact) mass is 418 g/mol. The van der Waals surface area contributed by atoms with Crippen LogP contribution >= 0.6 is 37.2 Å². The molecule has 3 N–H and O–H groups in total. The van der Waals surface area contributed by atoms with E-state index in [1.165, 1.54) is 17.8 Å². The van der Waals surface area contributed by atoms with Gasteiger partial charge in [-0.1, -0.05) is 12.1 Å². The fourth-order valence-corrected chi connectivity index (χ4v) is 2.53. The van der Waals surface area contributed by atoms with Crippen LogP contribution in [0.15, 0.2) is 48.8 Å². The van der Waals surface area contributed by atoms with Gasteiger partial charge < -0.3 is 11.1 Å². The number of fused-ring (bicyclic) bond motifs is 1. The van der Waals surface area contributed by atoms with Gasteiger partial charge in [0, 0.05) is 18.1 Å². The molecule has 0 fully saturated rings. The zero-order chi connectivity index (χ0) is 16.1. The van der Waals surface area contributed by atoms with Crippen molar-refractivity contribution in [2.24, 2.45) is 0 Å². The Labute approximate surface area is 171 Å². The van der Waals surface area contributed by atoms with Crippen molar-refractivity contribution in [2.75, 3.05) is 12.3 Å². The molecule has 2 heterocycles. The Hall–Kier alpha value is -1.66. The van der Waals surface area contributed by atoms with Gasteiger partial charge in [0.05, 0.1) is 11.7 Å². The third kappa shape index (κ3) is 6.92. The zero-order valence-corrected chi connectivity index (χ0v) is 16.5. The van der Waals surface area contributed by atoms with E-state index >= 15 is 0 Å². The maximum atomic E-state index is 13.0. The van der Waals surface area contributed by atoms with Crippen molar-refractivity contribution in [3.05, 3.63) is 65.7 Å². The molecule has 0 radical (unpaired) electrons. The Bertz CT molecular complexity index is 817. The van der Waals surface area contributed by atoms with Crippen molar-refractivity contribution in [2.45, 2.75) is 19.4 Å². The largest absolute Gasteiger partial charge is 0.384 e. The van der Waals surface area contributed by atoms with Gasteiger partial charge in [-0.05, 0) is 54.8 Å². The minimum Gasteiger partial charge on any atom is -0.384 e. The van der Waals surface area contributed by atoms with Crippen molar-refractivity contribution >= 4 is 53.9 Å². The molecule has 0 atom stereocenters. The molecule has 0 aliphatic heterocycles. The molecule has 0 amide bonds. The number of nitrogen functional groups attached to an aromatic ring is 1. The molecule has 0 unspecified atom stereocenters. The number of benzene rings is 1. The van der Waals surface area contributed by atoms with Crippen LogP contribution in [0.4, 0.5) is 10.2 Å². The van der Waals surface area contributed by atoms with Crippen molar-refractivity contribution in [3.8, 4) is 0 Å². The van der Waals surface area contributed by atoms with E-state index in [-0.39, 0.29) is 43.0 Å². The van der Waals surface area contributed by atoms with Crippen LogP contribution in [-0.2, 0) is 13.0 Å². The van der Waals surface area contributed by atoms with Gasteiger partial charge in [-0.15, -0.1) is 37.2 Å². The van der Waals surface area contributed by atoms with Crippen LogP contribution in [0.3, 0.4) is 0 Å². The van der Waals surface area contributed by atoms with Crippen LogP contribution in [0, 0.1) is 5.82 Å². The Morgan fingerprint density at radius 2 is 1.73 bits per heavy atom. The second kappa shape index (κ2) is 11.9. The van der Waals surface area contributed by atoms with E-state index in [9.17, 15) is 4.39 Å². The third-order valence-corrected chi connectivity index (χ3v) is 3.69. The maximum Gasteiger partial charge on any atom is 0.141 e. The Balaban J connectivity index is 0.00000208. The quantitative estimate of drug-likeness (QED) is 0.583. The highest BCUT2D eigenvalue weighted by atomic mass is 35.5. The molecule has 2 aromatic heterocycles. The summed E-state index contributed by atoms with van der Waals surface area (Å²) in [5.74, 6) is 0.254. The fourth-order valence-electron chi connectivity index (χ4n) is 2.53. The summed E-state index contributed by atoms with van der Waals surface area (Å²) in [6, 6.07) is 11.5. The number of nitrogens with one attached hydrogen (secondary N) is 1. The van der Waals surface area contributed by atoms with Crippen LogP contribution < -0.4 is 11.1 Å². The molecule has 4 nitrogen and oxygen atoms in total. The molecule has 0 saturated heterocycles. The predicted octanol–water partition coefficient (Wildman–Crippen LogP) is 4.34. The number of hydrogen-bond acceptors (Lipinski definition) is 4. The van der Waals surface area contributed by atoms with Gasteiger partial charge in [-0.3, -0.25) is 4.98 Å². The summed E-state index contributed by atoms with van der Waals surface area (Å²) in [4.78, 5) is 8.19. The minimum absolute atomic E-state index is 0. The first-order chi connectivity index (χ1) is 11.2. The molecule has 0 aliphatic carbocycles. The molecule has 142 valence electrons. The Kier molecular flexibility index (Phi) is 11.1. The molecular weight excluding hydrogens is 398 g/mol. The van der Waals surface area contributed by atoms with E-state index < -0.39 is 0 Å². The number of nitrogens with two attached hydrogens (primary N) is 1. The van der Waals surface area contributed by atoms with Gasteiger partial charge in [0.1, 0.15) is 11.6 Å². The molecule has 0 aliphatic rings. The normalized spacial score (nSPS) is 9.73. The minimum atomic E-state index is -0.279. The number of pyridine rings is 2. The van der Waals surface area contributed by atoms with Gasteiger partial charge in [0.2, 0.25) is 0 Å². The summed E-state index contributed by atoms with van der Waals surface area (Å²) < 4.78 is 13.0. The number of rotatable bonds is 6. The van der Waals surface area contributed by atoms with Gasteiger partial charge in [0.15, 0.2) is 0 Å². The van der Waals surface area contributed by atoms with Crippen molar-refractivity contribution in [1.29, 1.82) is 0 Å². The maximum absolute atomic E-state index is 13.0. The Morgan fingerprint density at radius 3 is 2.50 bits per heavy atom. The van der Waals surface area contributed by atoms with E-state index in [0.717, 1.165) is 42.4 Å². The van der Waals surface area contributed by atoms with Crippen LogP contribution in [-0.4, -0.2) is 16.5 Å². The van der Waals surface area contributed by atoms with Crippen LogP contribution in [0.5, 0.6) is 0 Å². The predicted molar refractivity (Wildman–Crippen MR) is 112 cm³/mol. The van der Waals surface area contributed by atoms with Gasteiger partial charge in [-0.2, -0.15) is 0 Å². The summed E-state index contributed by atoms with van der Waals surface area (Å²) in [5, 5.41) is 4.48. The third-order valence-electron chi connectivity index (χ3n) is 3.69. The summed E-state index contributed by atoms with van der Waals surface area (Å²) in [6.07, 6.45) is 4.68. The van der Waals surface area contributed by atoms with Gasteiger partial charge in [-0.25, -0.2) is 9.37 Å². The lowest BCUT2D eigenvalue weighted by Gasteiger charge is -2.07. The van der Waals surface area contributed by atoms with E-state index in [0.29, 0.717) is 5.82 Å². The van der Waals surface area contributed by atoms with Crippen molar-refractivity contribution in [3.63, 3.8) is 0 Å². The molecule has 0 spiro atoms. The number of anilines is 1. The summed E-state index contributed by atoms with van der Waals surface area (Å²) in [7, 11) is 0. The van der Waals surface area contributed by atoms with E-state index in [2.05, 4.69) is 33.5 Å². The molecule has 26 heavy (non-hydrogen) atoms. The standard InChI is InChI=1S/C18H19FN4.3ClH/c19-16-8-13(11-22-12-16)2-1-7-21-10-14-3-4-15-5-6-18(20)23-17(15)9-14;;;/h3-6,8-9,11-12,21H,1-2,7,10H2,(H2,20,23);3*1H. The first kappa shape index (κ1) is 24.3. The number of aryl methyl sites for hydroxylation is 1. The zero-order valence-electron chi connectivity index (χ0n) is 14.0. The summed E-state index contributed by atoms with van der Waals surface area (Å²) >= 11 is 0. The second-order valence-electron chi connectivity index (χ2n) is 5.55. The summed E-state index contributed by atoms with van der Waals surface area (Å²) in [5.41, 5.74) is 8.73. The van der Waals surface area contributed by atoms with Crippen molar-refractivity contribution < 1.29 is 4.39 Å². The first-order valence-corrected chi connectivity index (χ1v) is 7.66. The number of nitrogens with zero attached hydrogens (tertiary/aromatic N) is 2. The van der Waals surface area contributed by atoms with Gasteiger partial charge >= 0.3 is 0 Å². The van der Waals surface area contributed by atoms with E-state index in [4.69, 9.17) is 5.73 Å². The average Bonchev–Trinajstić information content (AvgIpc) is 2.54. The SMILES string of the molecule is Cl.Cl.Cl.Nc1ccc2ccc(CNCCCc3cncc(F)c3)cc2n1. The molecule has 3 rings (SSSR count). The summed E-state index contributed by atoms with van der Waals surface area (Å²) in [6.45, 7) is 1.63. The van der Waals surface area contributed by atoms with Crippen LogP contribution in [0.1, 0.15) is 17.5 Å². The second-order valence-corrected chi connectivity index (χ2v) is 5.55. The lowest BCUT2D eigenvalue weighted by molar-refractivity contribution is 0.613. The smallest absolute Gasteiger partial charge is 0.141 e. The molecular formula is C18H22Cl3FN4. The Morgan fingerprint density at radius 1 is 0.962 bits per heavy atom. The topological polar surface area (TPSA) is 63.8 Å². The molecule has 1 aromatic carbocycles. The van der Waals surface area contributed by atoms with Crippen LogP contribution in [0.2, 0.25) is 0 Å². The number of aromatic nitrogens is 2. The fraction of sp³-hybridized carbons (Fsp3) is 0.222. The molecule has 0 bridgehead atoms. The molecule has 0 saturated carbocycles. The highest BCUT2D eigenvalue weighted by Gasteiger charge is 2.00. The van der Waals surface area contributed by atoms with Gasteiger partial charge in [0.25, 0.3) is 0 Å².